The number of urea groups is 1. The Balaban J connectivity index is 1.45. The molecule has 2 amide bonds. The molecule has 3 rings (SSSR count). The Morgan fingerprint density at radius 2 is 1.88 bits per heavy atom. The molecule has 5 heteroatoms. The van der Waals surface area contributed by atoms with Gasteiger partial charge in [-0.15, -0.1) is 0 Å². The van der Waals surface area contributed by atoms with Crippen LogP contribution in [0.3, 0.4) is 0 Å². The normalized spacial score (nSPS) is 15.9. The van der Waals surface area contributed by atoms with Gasteiger partial charge < -0.3 is 15.1 Å². The second kappa shape index (κ2) is 7.81. The summed E-state index contributed by atoms with van der Waals surface area (Å²) in [5.41, 5.74) is 2.37. The van der Waals surface area contributed by atoms with Crippen LogP contribution in [0.2, 0.25) is 0 Å². The van der Waals surface area contributed by atoms with E-state index in [1.54, 1.807) is 6.20 Å². The first-order valence-corrected chi connectivity index (χ1v) is 8.47. The van der Waals surface area contributed by atoms with Gasteiger partial charge in [-0.1, -0.05) is 37.3 Å². The second-order valence-electron chi connectivity index (χ2n) is 6.18. The zero-order chi connectivity index (χ0) is 16.8. The van der Waals surface area contributed by atoms with E-state index in [1.807, 2.05) is 35.4 Å². The minimum absolute atomic E-state index is 0.0311. The summed E-state index contributed by atoms with van der Waals surface area (Å²) in [4.78, 5) is 20.7. The molecule has 1 aromatic heterocycles. The van der Waals surface area contributed by atoms with Gasteiger partial charge in [-0.3, -0.25) is 4.98 Å². The van der Waals surface area contributed by atoms with Gasteiger partial charge in [0, 0.05) is 38.9 Å². The number of pyridine rings is 1. The highest BCUT2D eigenvalue weighted by Gasteiger charge is 2.21. The molecule has 0 aliphatic carbocycles. The van der Waals surface area contributed by atoms with Crippen molar-refractivity contribution in [1.82, 2.24) is 15.2 Å². The van der Waals surface area contributed by atoms with Crippen molar-refractivity contribution in [2.24, 2.45) is 0 Å². The van der Waals surface area contributed by atoms with Gasteiger partial charge in [0.1, 0.15) is 0 Å². The lowest BCUT2D eigenvalue weighted by Gasteiger charge is -2.36. The number of hydrogen-bond acceptors (Lipinski definition) is 3. The molecule has 1 aromatic carbocycles. The highest BCUT2D eigenvalue weighted by molar-refractivity contribution is 5.74. The molecule has 1 aliphatic rings. The molecule has 1 saturated heterocycles. The number of nitrogens with zero attached hydrogens (tertiary/aromatic N) is 3. The molecule has 126 valence electrons. The number of amides is 2. The first kappa shape index (κ1) is 16.3. The van der Waals surface area contributed by atoms with Crippen LogP contribution in [0, 0.1) is 0 Å². The standard InChI is InChI=1S/C19H24N4O/c1-16(17-6-3-2-4-7-17)14-21-19(24)23-12-10-22(11-13-23)18-8-5-9-20-15-18/h2-9,15-16H,10-14H2,1H3,(H,21,24)/t16-/m1/s1. The van der Waals surface area contributed by atoms with Crippen molar-refractivity contribution in [2.75, 3.05) is 37.6 Å². The van der Waals surface area contributed by atoms with E-state index in [0.717, 1.165) is 31.9 Å². The van der Waals surface area contributed by atoms with E-state index in [4.69, 9.17) is 0 Å². The average Bonchev–Trinajstić information content (AvgIpc) is 2.67. The maximum atomic E-state index is 12.4. The number of aromatic nitrogens is 1. The maximum Gasteiger partial charge on any atom is 0.317 e. The van der Waals surface area contributed by atoms with Gasteiger partial charge in [-0.2, -0.15) is 0 Å². The largest absolute Gasteiger partial charge is 0.367 e. The molecule has 0 unspecified atom stereocenters. The number of nitrogens with one attached hydrogen (secondary N) is 1. The van der Waals surface area contributed by atoms with E-state index < -0.39 is 0 Å². The molecule has 24 heavy (non-hydrogen) atoms. The lowest BCUT2D eigenvalue weighted by molar-refractivity contribution is 0.194. The quantitative estimate of drug-likeness (QED) is 0.941. The lowest BCUT2D eigenvalue weighted by atomic mass is 10.0. The number of benzene rings is 1. The molecule has 1 fully saturated rings. The van der Waals surface area contributed by atoms with Crippen molar-refractivity contribution in [3.8, 4) is 0 Å². The van der Waals surface area contributed by atoms with Crippen molar-refractivity contribution in [3.63, 3.8) is 0 Å². The van der Waals surface area contributed by atoms with Crippen LogP contribution < -0.4 is 10.2 Å². The topological polar surface area (TPSA) is 48.5 Å². The number of carbonyl (C=O) groups excluding carboxylic acids is 1. The van der Waals surface area contributed by atoms with E-state index in [9.17, 15) is 4.79 Å². The van der Waals surface area contributed by atoms with Crippen LogP contribution in [-0.2, 0) is 0 Å². The fraction of sp³-hybridized carbons (Fsp3) is 0.368. The van der Waals surface area contributed by atoms with Crippen LogP contribution in [0.15, 0.2) is 54.9 Å². The molecule has 1 atom stereocenters. The SMILES string of the molecule is C[C@H](CNC(=O)N1CCN(c2cccnc2)CC1)c1ccccc1. The summed E-state index contributed by atoms with van der Waals surface area (Å²) in [6.45, 7) is 5.95. The molecule has 2 aromatic rings. The van der Waals surface area contributed by atoms with Crippen LogP contribution in [-0.4, -0.2) is 48.6 Å². The minimum Gasteiger partial charge on any atom is -0.367 e. The summed E-state index contributed by atoms with van der Waals surface area (Å²) < 4.78 is 0. The molecular weight excluding hydrogens is 300 g/mol. The monoisotopic (exact) mass is 324 g/mol. The first-order chi connectivity index (χ1) is 11.7. The van der Waals surface area contributed by atoms with Gasteiger partial charge in [-0.05, 0) is 23.6 Å². The highest BCUT2D eigenvalue weighted by atomic mass is 16.2. The first-order valence-electron chi connectivity index (χ1n) is 8.47. The number of hydrogen-bond donors (Lipinski definition) is 1. The smallest absolute Gasteiger partial charge is 0.317 e. The fourth-order valence-electron chi connectivity index (χ4n) is 2.96. The fourth-order valence-corrected chi connectivity index (χ4v) is 2.96. The Labute approximate surface area is 143 Å². The van der Waals surface area contributed by atoms with E-state index >= 15 is 0 Å². The van der Waals surface area contributed by atoms with Crippen molar-refractivity contribution >= 4 is 11.7 Å². The van der Waals surface area contributed by atoms with Crippen molar-refractivity contribution in [1.29, 1.82) is 0 Å². The van der Waals surface area contributed by atoms with E-state index in [0.29, 0.717) is 12.5 Å². The predicted molar refractivity (Wildman–Crippen MR) is 96.3 cm³/mol. The Hall–Kier alpha value is -2.56. The van der Waals surface area contributed by atoms with E-state index in [1.165, 1.54) is 5.56 Å². The Morgan fingerprint density at radius 3 is 2.54 bits per heavy atom. The Bertz CT molecular complexity index is 639. The number of anilines is 1. The van der Waals surface area contributed by atoms with E-state index in [-0.39, 0.29) is 6.03 Å². The van der Waals surface area contributed by atoms with Crippen LogP contribution in [0.5, 0.6) is 0 Å². The van der Waals surface area contributed by atoms with Gasteiger partial charge in [0.05, 0.1) is 11.9 Å². The van der Waals surface area contributed by atoms with Gasteiger partial charge >= 0.3 is 6.03 Å². The predicted octanol–water partition coefficient (Wildman–Crippen LogP) is 2.72. The molecule has 0 saturated carbocycles. The summed E-state index contributed by atoms with van der Waals surface area (Å²) in [5.74, 6) is 0.312. The van der Waals surface area contributed by atoms with Gasteiger partial charge in [0.2, 0.25) is 0 Å². The highest BCUT2D eigenvalue weighted by Crippen LogP contribution is 2.15. The van der Waals surface area contributed by atoms with Gasteiger partial charge in [-0.25, -0.2) is 4.79 Å². The third-order valence-electron chi connectivity index (χ3n) is 4.51. The Kier molecular flexibility index (Phi) is 5.31. The lowest BCUT2D eigenvalue weighted by Crippen LogP contribution is -2.52. The zero-order valence-electron chi connectivity index (χ0n) is 14.1. The van der Waals surface area contributed by atoms with Crippen LogP contribution in [0.1, 0.15) is 18.4 Å². The summed E-state index contributed by atoms with van der Waals surface area (Å²) in [6, 6.07) is 14.3. The van der Waals surface area contributed by atoms with E-state index in [2.05, 4.69) is 40.3 Å². The van der Waals surface area contributed by atoms with Crippen LogP contribution in [0.4, 0.5) is 10.5 Å². The molecule has 1 N–H and O–H groups in total. The third kappa shape index (κ3) is 4.04. The number of piperazine rings is 1. The second-order valence-corrected chi connectivity index (χ2v) is 6.18. The molecular formula is C19H24N4O. The van der Waals surface area contributed by atoms with Crippen LogP contribution in [0.25, 0.3) is 0 Å². The maximum absolute atomic E-state index is 12.4. The summed E-state index contributed by atoms with van der Waals surface area (Å²) >= 11 is 0. The number of rotatable bonds is 4. The van der Waals surface area contributed by atoms with Crippen molar-refractivity contribution in [3.05, 3.63) is 60.4 Å². The summed E-state index contributed by atoms with van der Waals surface area (Å²) in [5, 5.41) is 3.06. The molecule has 2 heterocycles. The minimum atomic E-state index is 0.0311. The molecule has 1 aliphatic heterocycles. The van der Waals surface area contributed by atoms with Gasteiger partial charge in [0.15, 0.2) is 0 Å². The molecule has 5 nitrogen and oxygen atoms in total. The number of carbonyl (C=O) groups is 1. The zero-order valence-corrected chi connectivity index (χ0v) is 14.1. The van der Waals surface area contributed by atoms with Gasteiger partial charge in [0.25, 0.3) is 0 Å². The Morgan fingerprint density at radius 1 is 1.12 bits per heavy atom. The third-order valence-corrected chi connectivity index (χ3v) is 4.51. The summed E-state index contributed by atoms with van der Waals surface area (Å²) in [7, 11) is 0. The van der Waals surface area contributed by atoms with Crippen LogP contribution >= 0.6 is 0 Å². The van der Waals surface area contributed by atoms with Crippen molar-refractivity contribution in [2.45, 2.75) is 12.8 Å². The molecule has 0 radical (unpaired) electrons. The summed E-state index contributed by atoms with van der Waals surface area (Å²) in [6.07, 6.45) is 3.65. The van der Waals surface area contributed by atoms with Crippen molar-refractivity contribution < 1.29 is 4.79 Å². The molecule has 0 bridgehead atoms. The average molecular weight is 324 g/mol. The molecule has 0 spiro atoms.